The Labute approximate surface area is 98.3 Å². The second kappa shape index (κ2) is 4.67. The number of hydrogen-bond acceptors (Lipinski definition) is 2. The fraction of sp³-hybridized carbons (Fsp3) is 0.500. The maximum atomic E-state index is 9.29. The molecule has 0 heterocycles. The Balaban J connectivity index is 2.71. The number of benzene rings is 1. The van der Waals surface area contributed by atoms with Crippen molar-refractivity contribution >= 4 is 0 Å². The normalized spacial score (nSPS) is 15.2. The monoisotopic (exact) mass is 216 g/mol. The van der Waals surface area contributed by atoms with Gasteiger partial charge < -0.3 is 0 Å². The molecule has 1 rings (SSSR count). The first-order chi connectivity index (χ1) is 7.39. The molecule has 0 fully saturated rings. The summed E-state index contributed by atoms with van der Waals surface area (Å²) in [6.07, 6.45) is 0. The highest BCUT2D eigenvalue weighted by Crippen LogP contribution is 2.29. The average Bonchev–Trinajstić information content (AvgIpc) is 2.26. The molecule has 0 aliphatic heterocycles. The predicted molar refractivity (Wildman–Crippen MR) is 66.8 cm³/mol. The van der Waals surface area contributed by atoms with E-state index in [0.717, 1.165) is 6.54 Å². The van der Waals surface area contributed by atoms with Gasteiger partial charge >= 0.3 is 0 Å². The molecule has 0 amide bonds. The van der Waals surface area contributed by atoms with E-state index < -0.39 is 5.54 Å². The first kappa shape index (κ1) is 12.7. The zero-order valence-corrected chi connectivity index (χ0v) is 10.5. The molecule has 2 nitrogen and oxygen atoms in total. The highest BCUT2D eigenvalue weighted by molar-refractivity contribution is 5.17. The average molecular weight is 216 g/mol. The molecule has 1 aromatic rings. The van der Waals surface area contributed by atoms with E-state index >= 15 is 0 Å². The van der Waals surface area contributed by atoms with Crippen molar-refractivity contribution in [2.75, 3.05) is 0 Å². The van der Waals surface area contributed by atoms with Gasteiger partial charge in [0.05, 0.1) is 6.07 Å². The summed E-state index contributed by atoms with van der Waals surface area (Å²) in [5.41, 5.74) is 0.604. The van der Waals surface area contributed by atoms with Crippen molar-refractivity contribution in [1.29, 1.82) is 5.26 Å². The summed E-state index contributed by atoms with van der Waals surface area (Å²) in [6, 6.07) is 12.5. The Morgan fingerprint density at radius 1 is 1.12 bits per heavy atom. The van der Waals surface area contributed by atoms with E-state index in [4.69, 9.17) is 0 Å². The molecule has 0 saturated carbocycles. The minimum atomic E-state index is -0.511. The molecule has 0 aliphatic rings. The van der Waals surface area contributed by atoms with E-state index in [1.165, 1.54) is 5.56 Å². The van der Waals surface area contributed by atoms with E-state index in [0.29, 0.717) is 0 Å². The van der Waals surface area contributed by atoms with Gasteiger partial charge in [-0.05, 0) is 17.9 Å². The van der Waals surface area contributed by atoms with E-state index in [-0.39, 0.29) is 5.41 Å². The second-order valence-corrected chi connectivity index (χ2v) is 5.33. The largest absolute Gasteiger partial charge is 0.295 e. The van der Waals surface area contributed by atoms with Crippen LogP contribution >= 0.6 is 0 Å². The van der Waals surface area contributed by atoms with Crippen molar-refractivity contribution in [1.82, 2.24) is 5.32 Å². The fourth-order valence-corrected chi connectivity index (χ4v) is 1.35. The fourth-order valence-electron chi connectivity index (χ4n) is 1.35. The molecule has 0 aliphatic carbocycles. The molecule has 0 saturated heterocycles. The van der Waals surface area contributed by atoms with Crippen molar-refractivity contribution in [2.45, 2.75) is 39.8 Å². The van der Waals surface area contributed by atoms with Gasteiger partial charge in [-0.3, -0.25) is 5.32 Å². The summed E-state index contributed by atoms with van der Waals surface area (Å²) < 4.78 is 0. The van der Waals surface area contributed by atoms with E-state index in [1.54, 1.807) is 0 Å². The lowest BCUT2D eigenvalue weighted by Crippen LogP contribution is -2.50. The number of nitrogens with zero attached hydrogens (tertiary/aromatic N) is 1. The highest BCUT2D eigenvalue weighted by atomic mass is 15.0. The lowest BCUT2D eigenvalue weighted by atomic mass is 9.76. The molecule has 0 spiro atoms. The van der Waals surface area contributed by atoms with Crippen LogP contribution in [0.3, 0.4) is 0 Å². The van der Waals surface area contributed by atoms with Gasteiger partial charge in [-0.2, -0.15) is 5.26 Å². The number of nitrogens with one attached hydrogen (secondary N) is 1. The molecule has 0 unspecified atom stereocenters. The molecule has 1 aromatic carbocycles. The molecule has 0 aromatic heterocycles. The summed E-state index contributed by atoms with van der Waals surface area (Å²) in [5.74, 6) is 0. The molecule has 86 valence electrons. The molecule has 0 bridgehead atoms. The number of nitriles is 1. The summed E-state index contributed by atoms with van der Waals surface area (Å²) in [5, 5.41) is 12.6. The predicted octanol–water partition coefficient (Wildman–Crippen LogP) is 3.10. The molecule has 16 heavy (non-hydrogen) atoms. The van der Waals surface area contributed by atoms with Crippen molar-refractivity contribution in [3.8, 4) is 6.07 Å². The number of hydrogen-bond donors (Lipinski definition) is 1. The van der Waals surface area contributed by atoms with Crippen LogP contribution in [0.5, 0.6) is 0 Å². The Kier molecular flexibility index (Phi) is 3.72. The van der Waals surface area contributed by atoms with Crippen LogP contribution < -0.4 is 5.32 Å². The zero-order chi connectivity index (χ0) is 12.2. The van der Waals surface area contributed by atoms with Crippen LogP contribution in [0.15, 0.2) is 30.3 Å². The molecular weight excluding hydrogens is 196 g/mol. The second-order valence-electron chi connectivity index (χ2n) is 5.33. The lowest BCUT2D eigenvalue weighted by molar-refractivity contribution is 0.214. The van der Waals surface area contributed by atoms with Crippen LogP contribution in [0.4, 0.5) is 0 Å². The topological polar surface area (TPSA) is 35.8 Å². The first-order valence-electron chi connectivity index (χ1n) is 5.59. The van der Waals surface area contributed by atoms with Crippen LogP contribution in [0, 0.1) is 16.7 Å². The maximum absolute atomic E-state index is 9.29. The first-order valence-corrected chi connectivity index (χ1v) is 5.59. The minimum Gasteiger partial charge on any atom is -0.295 e. The highest BCUT2D eigenvalue weighted by Gasteiger charge is 2.37. The van der Waals surface area contributed by atoms with Gasteiger partial charge in [0.1, 0.15) is 5.54 Å². The maximum Gasteiger partial charge on any atom is 0.109 e. The van der Waals surface area contributed by atoms with Gasteiger partial charge in [-0.25, -0.2) is 0 Å². The Morgan fingerprint density at radius 2 is 1.69 bits per heavy atom. The quantitative estimate of drug-likeness (QED) is 0.842. The van der Waals surface area contributed by atoms with Gasteiger partial charge in [0.2, 0.25) is 0 Å². The van der Waals surface area contributed by atoms with Crippen LogP contribution in [0.25, 0.3) is 0 Å². The smallest absolute Gasteiger partial charge is 0.109 e. The summed E-state index contributed by atoms with van der Waals surface area (Å²) >= 11 is 0. The third-order valence-corrected chi connectivity index (χ3v) is 3.21. The van der Waals surface area contributed by atoms with Gasteiger partial charge in [-0.1, -0.05) is 51.1 Å². The van der Waals surface area contributed by atoms with Crippen LogP contribution in [0.2, 0.25) is 0 Å². The van der Waals surface area contributed by atoms with Crippen LogP contribution in [0.1, 0.15) is 33.3 Å². The minimum absolute atomic E-state index is 0.0868. The van der Waals surface area contributed by atoms with Crippen LogP contribution in [-0.4, -0.2) is 5.54 Å². The van der Waals surface area contributed by atoms with Crippen molar-refractivity contribution < 1.29 is 0 Å². The van der Waals surface area contributed by atoms with Gasteiger partial charge in [0.15, 0.2) is 0 Å². The Bertz CT molecular complexity index is 370. The Morgan fingerprint density at radius 3 is 2.12 bits per heavy atom. The third kappa shape index (κ3) is 2.84. The van der Waals surface area contributed by atoms with Gasteiger partial charge in [-0.15, -0.1) is 0 Å². The molecule has 1 atom stereocenters. The van der Waals surface area contributed by atoms with Crippen molar-refractivity contribution in [3.05, 3.63) is 35.9 Å². The van der Waals surface area contributed by atoms with E-state index in [9.17, 15) is 5.26 Å². The lowest BCUT2D eigenvalue weighted by Gasteiger charge is -2.36. The van der Waals surface area contributed by atoms with Gasteiger partial charge in [0, 0.05) is 6.54 Å². The van der Waals surface area contributed by atoms with Crippen LogP contribution in [-0.2, 0) is 6.54 Å². The Hall–Kier alpha value is -1.33. The molecule has 0 radical (unpaired) electrons. The molecule has 1 N–H and O–H groups in total. The summed E-state index contributed by atoms with van der Waals surface area (Å²) in [4.78, 5) is 0. The van der Waals surface area contributed by atoms with Crippen molar-refractivity contribution in [2.24, 2.45) is 5.41 Å². The number of rotatable bonds is 3. The van der Waals surface area contributed by atoms with Crippen molar-refractivity contribution in [3.63, 3.8) is 0 Å². The SMILES string of the molecule is CC(C)(C)[C@@](C)(C#N)NCc1ccccc1. The third-order valence-electron chi connectivity index (χ3n) is 3.21. The summed E-state index contributed by atoms with van der Waals surface area (Å²) in [7, 11) is 0. The van der Waals surface area contributed by atoms with E-state index in [1.807, 2.05) is 25.1 Å². The molecular formula is C14H20N2. The molecule has 2 heteroatoms. The zero-order valence-electron chi connectivity index (χ0n) is 10.5. The van der Waals surface area contributed by atoms with Gasteiger partial charge in [0.25, 0.3) is 0 Å². The van der Waals surface area contributed by atoms with E-state index in [2.05, 4.69) is 44.3 Å². The standard InChI is InChI=1S/C14H20N2/c1-13(2,3)14(4,11-15)16-10-12-8-6-5-7-9-12/h5-9,16H,10H2,1-4H3/t14-/m1/s1. The summed E-state index contributed by atoms with van der Waals surface area (Å²) in [6.45, 7) is 8.91.